The van der Waals surface area contributed by atoms with Crippen LogP contribution in [-0.4, -0.2) is 37.7 Å². The van der Waals surface area contributed by atoms with Crippen LogP contribution in [0.3, 0.4) is 0 Å². The highest BCUT2D eigenvalue weighted by Crippen LogP contribution is 2.05. The van der Waals surface area contributed by atoms with Gasteiger partial charge >= 0.3 is 0 Å². The van der Waals surface area contributed by atoms with Crippen molar-refractivity contribution in [2.75, 3.05) is 32.8 Å². The molecule has 81 valence electrons. The molecule has 1 aromatic carbocycles. The van der Waals surface area contributed by atoms with E-state index in [4.69, 9.17) is 4.74 Å². The molecule has 1 aliphatic rings. The summed E-state index contributed by atoms with van der Waals surface area (Å²) >= 11 is 0. The van der Waals surface area contributed by atoms with E-state index in [0.29, 0.717) is 0 Å². The van der Waals surface area contributed by atoms with Gasteiger partial charge in [0.1, 0.15) is 0 Å². The molecule has 0 bridgehead atoms. The average Bonchev–Trinajstić information content (AvgIpc) is 2.30. The number of morpholine rings is 1. The number of hydrogen-bond donors (Lipinski definition) is 0. The van der Waals surface area contributed by atoms with Gasteiger partial charge in [0.15, 0.2) is 0 Å². The lowest BCUT2D eigenvalue weighted by atomic mass is 10.1. The lowest BCUT2D eigenvalue weighted by molar-refractivity contribution is 0.0384. The van der Waals surface area contributed by atoms with E-state index in [1.807, 2.05) is 0 Å². The first-order valence-corrected chi connectivity index (χ1v) is 5.55. The molecule has 15 heavy (non-hydrogen) atoms. The number of ether oxygens (including phenoxy) is 1. The molecule has 1 heterocycles. The summed E-state index contributed by atoms with van der Waals surface area (Å²) < 4.78 is 5.32. The Labute approximate surface area is 91.9 Å². The summed E-state index contributed by atoms with van der Waals surface area (Å²) in [5.41, 5.74) is 2.49. The van der Waals surface area contributed by atoms with Gasteiger partial charge in [-0.2, -0.15) is 0 Å². The lowest BCUT2D eigenvalue weighted by Gasteiger charge is -2.26. The van der Waals surface area contributed by atoms with Crippen molar-refractivity contribution in [3.05, 3.63) is 42.3 Å². The van der Waals surface area contributed by atoms with Gasteiger partial charge in [-0.1, -0.05) is 24.3 Å². The van der Waals surface area contributed by atoms with E-state index in [-0.39, 0.29) is 0 Å². The van der Waals surface area contributed by atoms with Gasteiger partial charge in [-0.25, -0.2) is 0 Å². The molecule has 0 unspecified atom stereocenters. The predicted molar refractivity (Wildman–Crippen MR) is 61.9 cm³/mol. The fourth-order valence-corrected chi connectivity index (χ4v) is 1.82. The first-order chi connectivity index (χ1) is 7.34. The molecule has 0 N–H and O–H groups in total. The van der Waals surface area contributed by atoms with Crippen LogP contribution >= 0.6 is 0 Å². The van der Waals surface area contributed by atoms with Crippen molar-refractivity contribution in [1.82, 2.24) is 4.90 Å². The third kappa shape index (κ3) is 3.33. The van der Waals surface area contributed by atoms with Crippen LogP contribution in [-0.2, 0) is 11.2 Å². The summed E-state index contributed by atoms with van der Waals surface area (Å²) in [6.07, 6.45) is 1.13. The van der Waals surface area contributed by atoms with Gasteiger partial charge in [-0.3, -0.25) is 4.90 Å². The summed E-state index contributed by atoms with van der Waals surface area (Å²) in [5.74, 6) is 0. The maximum Gasteiger partial charge on any atom is 0.0594 e. The molecule has 0 aliphatic carbocycles. The van der Waals surface area contributed by atoms with Crippen LogP contribution < -0.4 is 0 Å². The van der Waals surface area contributed by atoms with Gasteiger partial charge in [0.2, 0.25) is 0 Å². The zero-order chi connectivity index (χ0) is 10.5. The first-order valence-electron chi connectivity index (χ1n) is 5.55. The van der Waals surface area contributed by atoms with Crippen molar-refractivity contribution in [2.24, 2.45) is 0 Å². The molecule has 1 radical (unpaired) electrons. The third-order valence-electron chi connectivity index (χ3n) is 2.84. The second-order valence-corrected chi connectivity index (χ2v) is 4.02. The van der Waals surface area contributed by atoms with E-state index in [0.717, 1.165) is 44.8 Å². The van der Waals surface area contributed by atoms with E-state index in [9.17, 15) is 0 Å². The minimum absolute atomic E-state index is 0.887. The quantitative estimate of drug-likeness (QED) is 0.743. The summed E-state index contributed by atoms with van der Waals surface area (Å²) in [6, 6.07) is 8.49. The summed E-state index contributed by atoms with van der Waals surface area (Å²) in [6.45, 7) is 8.95. The Balaban J connectivity index is 1.79. The van der Waals surface area contributed by atoms with Crippen molar-refractivity contribution in [1.29, 1.82) is 0 Å². The highest BCUT2D eigenvalue weighted by molar-refractivity contribution is 5.24. The molecule has 0 spiro atoms. The van der Waals surface area contributed by atoms with Crippen molar-refractivity contribution in [3.8, 4) is 0 Å². The van der Waals surface area contributed by atoms with Crippen LogP contribution in [0.1, 0.15) is 11.1 Å². The van der Waals surface area contributed by atoms with Crippen LogP contribution in [0.5, 0.6) is 0 Å². The van der Waals surface area contributed by atoms with E-state index in [1.54, 1.807) is 0 Å². The number of benzene rings is 1. The summed E-state index contributed by atoms with van der Waals surface area (Å²) in [5, 5.41) is 0. The predicted octanol–water partition coefficient (Wildman–Crippen LogP) is 1.74. The largest absolute Gasteiger partial charge is 0.379 e. The molecular weight excluding hydrogens is 186 g/mol. The molecule has 2 heteroatoms. The number of hydrogen-bond acceptors (Lipinski definition) is 2. The third-order valence-corrected chi connectivity index (χ3v) is 2.84. The Kier molecular flexibility index (Phi) is 3.75. The van der Waals surface area contributed by atoms with Crippen molar-refractivity contribution >= 4 is 0 Å². The van der Waals surface area contributed by atoms with Gasteiger partial charge in [0.05, 0.1) is 13.2 Å². The van der Waals surface area contributed by atoms with Gasteiger partial charge in [0.25, 0.3) is 0 Å². The zero-order valence-corrected chi connectivity index (χ0v) is 9.11. The fraction of sp³-hybridized carbons (Fsp3) is 0.462. The Morgan fingerprint density at radius 3 is 2.47 bits per heavy atom. The smallest absolute Gasteiger partial charge is 0.0594 e. The number of rotatable bonds is 3. The molecule has 2 nitrogen and oxygen atoms in total. The highest BCUT2D eigenvalue weighted by Gasteiger charge is 2.09. The minimum atomic E-state index is 0.887. The second kappa shape index (κ2) is 5.29. The molecule has 1 saturated heterocycles. The van der Waals surface area contributed by atoms with E-state index >= 15 is 0 Å². The zero-order valence-electron chi connectivity index (χ0n) is 9.11. The van der Waals surface area contributed by atoms with Gasteiger partial charge in [-0.15, -0.1) is 0 Å². The molecule has 2 rings (SSSR count). The summed E-state index contributed by atoms with van der Waals surface area (Å²) in [7, 11) is 0. The monoisotopic (exact) mass is 204 g/mol. The molecule has 0 aromatic heterocycles. The van der Waals surface area contributed by atoms with Crippen molar-refractivity contribution < 1.29 is 4.74 Å². The second-order valence-electron chi connectivity index (χ2n) is 4.02. The van der Waals surface area contributed by atoms with E-state index in [1.165, 1.54) is 5.56 Å². The fourth-order valence-electron chi connectivity index (χ4n) is 1.82. The van der Waals surface area contributed by atoms with Gasteiger partial charge < -0.3 is 4.74 Å². The molecule has 1 fully saturated rings. The van der Waals surface area contributed by atoms with Crippen molar-refractivity contribution in [2.45, 2.75) is 6.42 Å². The molecule has 0 amide bonds. The molecule has 0 atom stereocenters. The normalized spacial score (nSPS) is 17.9. The lowest BCUT2D eigenvalue weighted by Crippen LogP contribution is -2.37. The highest BCUT2D eigenvalue weighted by atomic mass is 16.5. The van der Waals surface area contributed by atoms with E-state index < -0.39 is 0 Å². The Morgan fingerprint density at radius 2 is 1.80 bits per heavy atom. The molecule has 1 aromatic rings. The standard InChI is InChI=1S/C13H18NO/c1-12-2-4-13(5-3-12)6-7-14-8-10-15-11-9-14/h2-5H,1,6-11H2. The molecular formula is C13H18NO. The van der Waals surface area contributed by atoms with Crippen LogP contribution in [0.25, 0.3) is 0 Å². The van der Waals surface area contributed by atoms with Gasteiger partial charge in [0, 0.05) is 19.6 Å². The minimum Gasteiger partial charge on any atom is -0.379 e. The van der Waals surface area contributed by atoms with Gasteiger partial charge in [-0.05, 0) is 24.5 Å². The average molecular weight is 204 g/mol. The topological polar surface area (TPSA) is 12.5 Å². The molecule has 0 saturated carbocycles. The Morgan fingerprint density at radius 1 is 1.13 bits per heavy atom. The van der Waals surface area contributed by atoms with Crippen LogP contribution in [0.2, 0.25) is 0 Å². The summed E-state index contributed by atoms with van der Waals surface area (Å²) in [4.78, 5) is 2.46. The molecule has 1 aliphatic heterocycles. The van der Waals surface area contributed by atoms with E-state index in [2.05, 4.69) is 36.1 Å². The number of nitrogens with zero attached hydrogens (tertiary/aromatic N) is 1. The Hall–Kier alpha value is -0.860. The van der Waals surface area contributed by atoms with Crippen LogP contribution in [0, 0.1) is 6.92 Å². The maximum atomic E-state index is 5.32. The first kappa shape index (κ1) is 10.7. The SMILES string of the molecule is [CH2]c1ccc(CCN2CCOCC2)cc1. The van der Waals surface area contributed by atoms with Crippen LogP contribution in [0.15, 0.2) is 24.3 Å². The maximum absolute atomic E-state index is 5.32. The van der Waals surface area contributed by atoms with Crippen molar-refractivity contribution in [3.63, 3.8) is 0 Å². The Bertz CT molecular complexity index is 288. The van der Waals surface area contributed by atoms with Crippen LogP contribution in [0.4, 0.5) is 0 Å².